The molecule has 0 spiro atoms. The molecule has 0 radical (unpaired) electrons. The normalized spacial score (nSPS) is 11.2. The molecule has 4 nitrogen and oxygen atoms in total. The lowest BCUT2D eigenvalue weighted by molar-refractivity contribution is 0.400. The van der Waals surface area contributed by atoms with E-state index >= 15 is 0 Å². The number of aryl methyl sites for hydroxylation is 1. The molecule has 108 valence electrons. The molecule has 0 aliphatic heterocycles. The first-order valence-electron chi connectivity index (χ1n) is 6.89. The summed E-state index contributed by atoms with van der Waals surface area (Å²) in [6, 6.07) is 14.0. The van der Waals surface area contributed by atoms with E-state index in [1.807, 2.05) is 66.2 Å². The van der Waals surface area contributed by atoms with E-state index in [1.54, 1.807) is 0 Å². The largest absolute Gasteiger partial charge is 0.360 e. The van der Waals surface area contributed by atoms with Crippen LogP contribution in [0.4, 0.5) is 0 Å². The minimum absolute atomic E-state index is 0.765. The second kappa shape index (κ2) is 5.10. The lowest BCUT2D eigenvalue weighted by Gasteiger charge is -1.99. The highest BCUT2D eigenvalue weighted by Gasteiger charge is 2.19. The van der Waals surface area contributed by atoms with E-state index in [0.717, 1.165) is 38.4 Å². The molecule has 4 rings (SSSR count). The monoisotopic (exact) mass is 353 g/mol. The van der Waals surface area contributed by atoms with Crippen molar-refractivity contribution in [2.45, 2.75) is 6.92 Å². The van der Waals surface area contributed by atoms with Gasteiger partial charge in [-0.15, -0.1) is 0 Å². The molecule has 4 aromatic rings. The Morgan fingerprint density at radius 1 is 1.05 bits per heavy atom. The topological polar surface area (TPSA) is 43.3 Å². The van der Waals surface area contributed by atoms with Crippen LogP contribution in [0.3, 0.4) is 0 Å². The van der Waals surface area contributed by atoms with Crippen molar-refractivity contribution in [2.24, 2.45) is 0 Å². The summed E-state index contributed by atoms with van der Waals surface area (Å²) in [4.78, 5) is 4.69. The van der Waals surface area contributed by atoms with Gasteiger partial charge in [-0.1, -0.05) is 35.5 Å². The van der Waals surface area contributed by atoms with Crippen LogP contribution in [0.1, 0.15) is 5.76 Å². The summed E-state index contributed by atoms with van der Waals surface area (Å²) in [5, 5.41) is 4.22. The van der Waals surface area contributed by atoms with Gasteiger partial charge in [0.25, 0.3) is 0 Å². The third kappa shape index (κ3) is 2.14. The Balaban J connectivity index is 1.93. The van der Waals surface area contributed by atoms with Crippen molar-refractivity contribution >= 4 is 21.6 Å². The minimum Gasteiger partial charge on any atom is -0.360 e. The highest BCUT2D eigenvalue weighted by molar-refractivity contribution is 9.10. The SMILES string of the molecule is Cc1onc(-c2ccccc2)c1-c1cn2cc(Br)ccc2n1. The highest BCUT2D eigenvalue weighted by atomic mass is 79.9. The van der Waals surface area contributed by atoms with Crippen LogP contribution in [0.25, 0.3) is 28.2 Å². The molecule has 3 heterocycles. The van der Waals surface area contributed by atoms with Gasteiger partial charge in [-0.3, -0.25) is 0 Å². The van der Waals surface area contributed by atoms with Crippen LogP contribution < -0.4 is 0 Å². The Kier molecular flexibility index (Phi) is 3.08. The van der Waals surface area contributed by atoms with Gasteiger partial charge in [0.1, 0.15) is 17.1 Å². The maximum atomic E-state index is 5.42. The smallest absolute Gasteiger partial charge is 0.143 e. The number of pyridine rings is 1. The average molecular weight is 354 g/mol. The Labute approximate surface area is 135 Å². The van der Waals surface area contributed by atoms with Crippen molar-refractivity contribution in [2.75, 3.05) is 0 Å². The number of nitrogens with zero attached hydrogens (tertiary/aromatic N) is 3. The molecule has 0 aliphatic carbocycles. The van der Waals surface area contributed by atoms with Gasteiger partial charge in [0.2, 0.25) is 0 Å². The van der Waals surface area contributed by atoms with Gasteiger partial charge in [0.15, 0.2) is 0 Å². The molecule has 0 amide bonds. The lowest BCUT2D eigenvalue weighted by Crippen LogP contribution is -1.83. The van der Waals surface area contributed by atoms with Crippen LogP contribution in [-0.2, 0) is 0 Å². The molecule has 22 heavy (non-hydrogen) atoms. The van der Waals surface area contributed by atoms with E-state index in [-0.39, 0.29) is 0 Å². The first kappa shape index (κ1) is 13.3. The van der Waals surface area contributed by atoms with E-state index in [1.165, 1.54) is 0 Å². The molecule has 0 aliphatic rings. The Morgan fingerprint density at radius 3 is 2.68 bits per heavy atom. The van der Waals surface area contributed by atoms with Crippen LogP contribution in [0, 0.1) is 6.92 Å². The van der Waals surface area contributed by atoms with E-state index in [9.17, 15) is 0 Å². The quantitative estimate of drug-likeness (QED) is 0.523. The average Bonchev–Trinajstić information content (AvgIpc) is 3.10. The molecule has 0 fully saturated rings. The zero-order valence-electron chi connectivity index (χ0n) is 11.8. The second-order valence-corrected chi connectivity index (χ2v) is 5.98. The molecule has 0 saturated carbocycles. The fraction of sp³-hybridized carbons (Fsp3) is 0.0588. The van der Waals surface area contributed by atoms with Crippen molar-refractivity contribution in [3.05, 3.63) is 65.1 Å². The number of fused-ring (bicyclic) bond motifs is 1. The van der Waals surface area contributed by atoms with Gasteiger partial charge in [-0.05, 0) is 35.0 Å². The first-order valence-corrected chi connectivity index (χ1v) is 7.68. The van der Waals surface area contributed by atoms with Crippen molar-refractivity contribution in [1.82, 2.24) is 14.5 Å². The fourth-order valence-electron chi connectivity index (χ4n) is 2.55. The standard InChI is InChI=1S/C17H12BrN3O/c1-11-16(17(20-22-11)12-5-3-2-4-6-12)14-10-21-9-13(18)7-8-15(21)19-14/h2-10H,1H3. The lowest BCUT2D eigenvalue weighted by atomic mass is 10.0. The first-order chi connectivity index (χ1) is 10.7. The zero-order valence-corrected chi connectivity index (χ0v) is 13.4. The molecule has 1 aromatic carbocycles. The maximum absolute atomic E-state index is 5.42. The summed E-state index contributed by atoms with van der Waals surface area (Å²) < 4.78 is 8.41. The van der Waals surface area contributed by atoms with Crippen LogP contribution >= 0.6 is 15.9 Å². The van der Waals surface area contributed by atoms with Gasteiger partial charge in [-0.2, -0.15) is 0 Å². The molecular formula is C17H12BrN3O. The molecule has 0 saturated heterocycles. The molecule has 0 atom stereocenters. The van der Waals surface area contributed by atoms with E-state index < -0.39 is 0 Å². The number of imidazole rings is 1. The van der Waals surface area contributed by atoms with Gasteiger partial charge >= 0.3 is 0 Å². The molecule has 5 heteroatoms. The van der Waals surface area contributed by atoms with Crippen LogP contribution in [0.15, 0.2) is 63.9 Å². The van der Waals surface area contributed by atoms with E-state index in [4.69, 9.17) is 4.52 Å². The van der Waals surface area contributed by atoms with Crippen LogP contribution in [0.5, 0.6) is 0 Å². The molecule has 0 bridgehead atoms. The van der Waals surface area contributed by atoms with Gasteiger partial charge in [0, 0.05) is 22.4 Å². The number of hydrogen-bond acceptors (Lipinski definition) is 3. The predicted molar refractivity (Wildman–Crippen MR) is 88.6 cm³/mol. The second-order valence-electron chi connectivity index (χ2n) is 5.07. The molecule has 0 N–H and O–H groups in total. The number of halogens is 1. The van der Waals surface area contributed by atoms with Gasteiger partial charge < -0.3 is 8.92 Å². The molecule has 3 aromatic heterocycles. The summed E-state index contributed by atoms with van der Waals surface area (Å²) in [6.07, 6.45) is 3.98. The van der Waals surface area contributed by atoms with Crippen molar-refractivity contribution in [3.8, 4) is 22.5 Å². The number of rotatable bonds is 2. The number of benzene rings is 1. The molecular weight excluding hydrogens is 342 g/mol. The Bertz CT molecular complexity index is 957. The van der Waals surface area contributed by atoms with Crippen molar-refractivity contribution in [3.63, 3.8) is 0 Å². The Morgan fingerprint density at radius 2 is 1.86 bits per heavy atom. The van der Waals surface area contributed by atoms with Crippen molar-refractivity contribution in [1.29, 1.82) is 0 Å². The van der Waals surface area contributed by atoms with Crippen LogP contribution in [0.2, 0.25) is 0 Å². The zero-order chi connectivity index (χ0) is 15.1. The summed E-state index contributed by atoms with van der Waals surface area (Å²) in [6.45, 7) is 1.91. The minimum atomic E-state index is 0.765. The van der Waals surface area contributed by atoms with Gasteiger partial charge in [0.05, 0.1) is 11.3 Å². The number of aromatic nitrogens is 3. The summed E-state index contributed by atoms with van der Waals surface area (Å²) in [7, 11) is 0. The third-order valence-corrected chi connectivity index (χ3v) is 4.05. The summed E-state index contributed by atoms with van der Waals surface area (Å²) >= 11 is 3.48. The fourth-order valence-corrected chi connectivity index (χ4v) is 2.90. The predicted octanol–water partition coefficient (Wildman–Crippen LogP) is 4.73. The third-order valence-electron chi connectivity index (χ3n) is 3.58. The van der Waals surface area contributed by atoms with Crippen LogP contribution in [-0.4, -0.2) is 14.5 Å². The van der Waals surface area contributed by atoms with Gasteiger partial charge in [-0.25, -0.2) is 4.98 Å². The highest BCUT2D eigenvalue weighted by Crippen LogP contribution is 2.33. The number of hydrogen-bond donors (Lipinski definition) is 0. The summed E-state index contributed by atoms with van der Waals surface area (Å²) in [5.41, 5.74) is 4.52. The maximum Gasteiger partial charge on any atom is 0.143 e. The molecule has 0 unspecified atom stereocenters. The van der Waals surface area contributed by atoms with E-state index in [0.29, 0.717) is 0 Å². The van der Waals surface area contributed by atoms with E-state index in [2.05, 4.69) is 26.1 Å². The Hall–Kier alpha value is -2.40. The summed E-state index contributed by atoms with van der Waals surface area (Å²) in [5.74, 6) is 0.765. The van der Waals surface area contributed by atoms with Crippen molar-refractivity contribution < 1.29 is 4.52 Å².